The van der Waals surface area contributed by atoms with E-state index in [4.69, 9.17) is 0 Å². The third kappa shape index (κ3) is 4.19. The molecule has 27 heavy (non-hydrogen) atoms. The first-order chi connectivity index (χ1) is 12.6. The number of halogens is 4. The van der Waals surface area contributed by atoms with Gasteiger partial charge in [-0.3, -0.25) is 9.36 Å². The van der Waals surface area contributed by atoms with E-state index in [9.17, 15) is 22.4 Å². The van der Waals surface area contributed by atoms with Crippen LogP contribution < -0.4 is 5.32 Å². The Bertz CT molecular complexity index is 971. The Kier molecular flexibility index (Phi) is 5.05. The van der Waals surface area contributed by atoms with Gasteiger partial charge < -0.3 is 5.32 Å². The lowest BCUT2D eigenvalue weighted by atomic mass is 10.2. The lowest BCUT2D eigenvalue weighted by Gasteiger charge is -2.10. The zero-order valence-electron chi connectivity index (χ0n) is 14.4. The molecular weight excluding hydrogens is 382 g/mol. The second kappa shape index (κ2) is 7.15. The number of benzene rings is 1. The SMILES string of the molecule is Cc1ccc(C)n1-c1nc(CC(=O)Nc2cc(C(F)(F)F)ccc2F)cs1. The number of amides is 1. The molecule has 0 radical (unpaired) electrons. The minimum absolute atomic E-state index is 0.175. The number of aryl methyl sites for hydroxylation is 2. The average molecular weight is 397 g/mol. The average Bonchev–Trinajstić information content (AvgIpc) is 3.14. The first-order valence-corrected chi connectivity index (χ1v) is 8.79. The molecule has 0 aliphatic rings. The van der Waals surface area contributed by atoms with Crippen molar-refractivity contribution in [1.82, 2.24) is 9.55 Å². The highest BCUT2D eigenvalue weighted by atomic mass is 32.1. The second-order valence-electron chi connectivity index (χ2n) is 5.99. The summed E-state index contributed by atoms with van der Waals surface area (Å²) < 4.78 is 53.9. The van der Waals surface area contributed by atoms with Crippen LogP contribution in [0.5, 0.6) is 0 Å². The minimum atomic E-state index is -4.62. The molecule has 1 aromatic carbocycles. The van der Waals surface area contributed by atoms with Gasteiger partial charge in [0.05, 0.1) is 23.4 Å². The summed E-state index contributed by atoms with van der Waals surface area (Å²) in [6.45, 7) is 3.86. The predicted octanol–water partition coefficient (Wildman–Crippen LogP) is 4.89. The first kappa shape index (κ1) is 19.1. The molecule has 142 valence electrons. The molecular formula is C18H15F4N3OS. The highest BCUT2D eigenvalue weighted by molar-refractivity contribution is 7.12. The van der Waals surface area contributed by atoms with Gasteiger partial charge in [0.15, 0.2) is 5.13 Å². The molecule has 0 atom stereocenters. The molecule has 3 rings (SSSR count). The number of carbonyl (C=O) groups is 1. The van der Waals surface area contributed by atoms with Crippen molar-refractivity contribution in [3.63, 3.8) is 0 Å². The van der Waals surface area contributed by atoms with Crippen molar-refractivity contribution in [2.24, 2.45) is 0 Å². The zero-order valence-corrected chi connectivity index (χ0v) is 15.2. The third-order valence-electron chi connectivity index (χ3n) is 3.91. The molecule has 4 nitrogen and oxygen atoms in total. The van der Waals surface area contributed by atoms with Crippen molar-refractivity contribution in [2.45, 2.75) is 26.4 Å². The summed E-state index contributed by atoms with van der Waals surface area (Å²) in [5.74, 6) is -1.58. The van der Waals surface area contributed by atoms with E-state index in [-0.39, 0.29) is 6.42 Å². The van der Waals surface area contributed by atoms with Crippen molar-refractivity contribution < 1.29 is 22.4 Å². The van der Waals surface area contributed by atoms with Gasteiger partial charge in [0.1, 0.15) is 5.82 Å². The number of nitrogens with zero attached hydrogens (tertiary/aromatic N) is 2. The summed E-state index contributed by atoms with van der Waals surface area (Å²) in [4.78, 5) is 16.5. The highest BCUT2D eigenvalue weighted by Crippen LogP contribution is 2.32. The number of rotatable bonds is 4. The van der Waals surface area contributed by atoms with Crippen LogP contribution in [0, 0.1) is 19.7 Å². The molecule has 0 saturated carbocycles. The van der Waals surface area contributed by atoms with E-state index in [1.54, 1.807) is 5.38 Å². The summed E-state index contributed by atoms with van der Waals surface area (Å²) >= 11 is 1.34. The van der Waals surface area contributed by atoms with E-state index in [2.05, 4.69) is 10.3 Å². The summed E-state index contributed by atoms with van der Waals surface area (Å²) in [5.41, 5.74) is 0.885. The molecule has 1 N–H and O–H groups in total. The summed E-state index contributed by atoms with van der Waals surface area (Å²) in [7, 11) is 0. The molecule has 1 amide bonds. The van der Waals surface area contributed by atoms with Crippen molar-refractivity contribution >= 4 is 22.9 Å². The van der Waals surface area contributed by atoms with Crippen LogP contribution in [-0.4, -0.2) is 15.5 Å². The topological polar surface area (TPSA) is 46.9 Å². The summed E-state index contributed by atoms with van der Waals surface area (Å²) in [6, 6.07) is 5.77. The fourth-order valence-electron chi connectivity index (χ4n) is 2.61. The van der Waals surface area contributed by atoms with Crippen molar-refractivity contribution in [3.05, 3.63) is 64.2 Å². The molecule has 0 fully saturated rings. The predicted molar refractivity (Wildman–Crippen MR) is 94.7 cm³/mol. The Hall–Kier alpha value is -2.68. The molecule has 0 spiro atoms. The maximum Gasteiger partial charge on any atom is 0.416 e. The molecule has 3 aromatic rings. The van der Waals surface area contributed by atoms with Crippen LogP contribution in [0.2, 0.25) is 0 Å². The number of thiazole rings is 1. The van der Waals surface area contributed by atoms with E-state index in [1.165, 1.54) is 11.3 Å². The lowest BCUT2D eigenvalue weighted by Crippen LogP contribution is -2.16. The molecule has 0 saturated heterocycles. The van der Waals surface area contributed by atoms with Crippen LogP contribution in [0.1, 0.15) is 22.6 Å². The van der Waals surface area contributed by atoms with Gasteiger partial charge in [-0.1, -0.05) is 0 Å². The smallest absolute Gasteiger partial charge is 0.323 e. The Morgan fingerprint density at radius 3 is 2.48 bits per heavy atom. The standard InChI is InChI=1S/C18H15F4N3OS/c1-10-3-4-11(2)25(10)17-23-13(9-27-17)8-16(26)24-15-7-12(18(20,21)22)5-6-14(15)19/h3-7,9H,8H2,1-2H3,(H,24,26). The van der Waals surface area contributed by atoms with Gasteiger partial charge in [-0.05, 0) is 44.2 Å². The fraction of sp³-hybridized carbons (Fsp3) is 0.222. The zero-order chi connectivity index (χ0) is 19.8. The molecule has 9 heteroatoms. The minimum Gasteiger partial charge on any atom is -0.323 e. The maximum atomic E-state index is 13.7. The Balaban J connectivity index is 1.74. The van der Waals surface area contributed by atoms with E-state index < -0.39 is 29.2 Å². The second-order valence-corrected chi connectivity index (χ2v) is 6.83. The van der Waals surface area contributed by atoms with Gasteiger partial charge in [0, 0.05) is 16.8 Å². The third-order valence-corrected chi connectivity index (χ3v) is 4.79. The van der Waals surface area contributed by atoms with Crippen LogP contribution >= 0.6 is 11.3 Å². The van der Waals surface area contributed by atoms with E-state index in [0.29, 0.717) is 29.0 Å². The maximum absolute atomic E-state index is 13.7. The molecule has 2 heterocycles. The molecule has 2 aromatic heterocycles. The van der Waals surface area contributed by atoms with Crippen LogP contribution in [0.15, 0.2) is 35.7 Å². The van der Waals surface area contributed by atoms with Gasteiger partial charge in [0.25, 0.3) is 0 Å². The van der Waals surface area contributed by atoms with Crippen molar-refractivity contribution in [2.75, 3.05) is 5.32 Å². The number of hydrogen-bond donors (Lipinski definition) is 1. The van der Waals surface area contributed by atoms with Crippen LogP contribution in [0.3, 0.4) is 0 Å². The van der Waals surface area contributed by atoms with Crippen LogP contribution in [0.4, 0.5) is 23.2 Å². The first-order valence-electron chi connectivity index (χ1n) is 7.91. The molecule has 0 aliphatic heterocycles. The Labute approximate surface area is 156 Å². The van der Waals surface area contributed by atoms with E-state index in [1.807, 2.05) is 30.5 Å². The van der Waals surface area contributed by atoms with E-state index >= 15 is 0 Å². The van der Waals surface area contributed by atoms with Gasteiger partial charge >= 0.3 is 6.18 Å². The number of carbonyl (C=O) groups excluding carboxylic acids is 1. The Morgan fingerprint density at radius 2 is 1.85 bits per heavy atom. The monoisotopic (exact) mass is 397 g/mol. The largest absolute Gasteiger partial charge is 0.416 e. The lowest BCUT2D eigenvalue weighted by molar-refractivity contribution is -0.137. The van der Waals surface area contributed by atoms with Crippen molar-refractivity contribution in [1.29, 1.82) is 0 Å². The fourth-order valence-corrected chi connectivity index (χ4v) is 3.55. The Morgan fingerprint density at radius 1 is 1.19 bits per heavy atom. The van der Waals surface area contributed by atoms with Gasteiger partial charge in [-0.2, -0.15) is 13.2 Å². The number of hydrogen-bond acceptors (Lipinski definition) is 3. The summed E-state index contributed by atoms with van der Waals surface area (Å²) in [5, 5.41) is 4.56. The number of aromatic nitrogens is 2. The molecule has 0 unspecified atom stereocenters. The van der Waals surface area contributed by atoms with Crippen molar-refractivity contribution in [3.8, 4) is 5.13 Å². The van der Waals surface area contributed by atoms with Crippen LogP contribution in [0.25, 0.3) is 5.13 Å². The normalized spacial score (nSPS) is 11.6. The number of anilines is 1. The number of nitrogens with one attached hydrogen (secondary N) is 1. The van der Waals surface area contributed by atoms with Crippen LogP contribution in [-0.2, 0) is 17.4 Å². The molecule has 0 aliphatic carbocycles. The van der Waals surface area contributed by atoms with Gasteiger partial charge in [-0.25, -0.2) is 9.37 Å². The summed E-state index contributed by atoms with van der Waals surface area (Å²) in [6.07, 6.45) is -4.80. The van der Waals surface area contributed by atoms with E-state index in [0.717, 1.165) is 11.4 Å². The van der Waals surface area contributed by atoms with Gasteiger partial charge in [0.2, 0.25) is 5.91 Å². The number of alkyl halides is 3. The molecule has 0 bridgehead atoms. The van der Waals surface area contributed by atoms with Gasteiger partial charge in [-0.15, -0.1) is 11.3 Å². The quantitative estimate of drug-likeness (QED) is 0.637. The highest BCUT2D eigenvalue weighted by Gasteiger charge is 2.31.